The summed E-state index contributed by atoms with van der Waals surface area (Å²) < 4.78 is 5.17. The number of rotatable bonds is 6. The van der Waals surface area contributed by atoms with Crippen LogP contribution in [0.25, 0.3) is 0 Å². The molecule has 0 radical (unpaired) electrons. The van der Waals surface area contributed by atoms with Crippen molar-refractivity contribution >= 4 is 11.9 Å². The third-order valence-corrected chi connectivity index (χ3v) is 4.10. The summed E-state index contributed by atoms with van der Waals surface area (Å²) in [6.07, 6.45) is 0. The lowest BCUT2D eigenvalue weighted by atomic mass is 9.97. The molecule has 2 rings (SSSR count). The quantitative estimate of drug-likeness (QED) is 0.845. The number of methoxy groups -OCH3 is 1. The van der Waals surface area contributed by atoms with Gasteiger partial charge in [-0.05, 0) is 44.0 Å². The summed E-state index contributed by atoms with van der Waals surface area (Å²) in [5.41, 5.74) is 3.24. The van der Waals surface area contributed by atoms with E-state index in [1.54, 1.807) is 44.4 Å². The number of nitrogens with one attached hydrogen (secondary N) is 1. The van der Waals surface area contributed by atoms with E-state index in [9.17, 15) is 14.7 Å². The first-order chi connectivity index (χ1) is 11.8. The van der Waals surface area contributed by atoms with E-state index >= 15 is 0 Å². The minimum Gasteiger partial charge on any atom is -0.497 e. The molecule has 0 aromatic heterocycles. The highest BCUT2D eigenvalue weighted by atomic mass is 16.5. The van der Waals surface area contributed by atoms with Gasteiger partial charge in [0.2, 0.25) is 5.91 Å². The maximum absolute atomic E-state index is 12.6. The van der Waals surface area contributed by atoms with Gasteiger partial charge in [0.25, 0.3) is 0 Å². The summed E-state index contributed by atoms with van der Waals surface area (Å²) in [6, 6.07) is 11.6. The number of carboxylic acid groups (broad SMARTS) is 1. The van der Waals surface area contributed by atoms with E-state index < -0.39 is 17.9 Å². The van der Waals surface area contributed by atoms with Gasteiger partial charge in [-0.2, -0.15) is 0 Å². The number of hydrogen-bond donors (Lipinski definition) is 2. The van der Waals surface area contributed by atoms with Crippen LogP contribution in [0.5, 0.6) is 5.75 Å². The largest absolute Gasteiger partial charge is 0.497 e. The Kier molecular flexibility index (Phi) is 5.80. The molecule has 0 aliphatic rings. The number of ether oxygens (including phenoxy) is 1. The Morgan fingerprint density at radius 3 is 2.24 bits per heavy atom. The highest BCUT2D eigenvalue weighted by molar-refractivity contribution is 5.88. The number of carbonyl (C=O) groups excluding carboxylic acids is 1. The number of aryl methyl sites for hydroxylation is 2. The first-order valence-electron chi connectivity index (χ1n) is 8.07. The van der Waals surface area contributed by atoms with Crippen molar-refractivity contribution in [1.82, 2.24) is 5.32 Å². The van der Waals surface area contributed by atoms with Crippen LogP contribution in [0.4, 0.5) is 0 Å². The molecule has 2 unspecified atom stereocenters. The minimum atomic E-state index is -1.09. The van der Waals surface area contributed by atoms with E-state index in [1.165, 1.54) is 0 Å². The summed E-state index contributed by atoms with van der Waals surface area (Å²) in [5.74, 6) is -1.28. The predicted molar refractivity (Wildman–Crippen MR) is 95.8 cm³/mol. The van der Waals surface area contributed by atoms with Crippen molar-refractivity contribution in [3.8, 4) is 5.75 Å². The number of hydrogen-bond acceptors (Lipinski definition) is 3. The van der Waals surface area contributed by atoms with Crippen LogP contribution in [0.3, 0.4) is 0 Å². The fraction of sp³-hybridized carbons (Fsp3) is 0.300. The van der Waals surface area contributed by atoms with Gasteiger partial charge in [-0.3, -0.25) is 4.79 Å². The third-order valence-electron chi connectivity index (χ3n) is 4.10. The van der Waals surface area contributed by atoms with Crippen LogP contribution in [-0.4, -0.2) is 24.1 Å². The van der Waals surface area contributed by atoms with Crippen molar-refractivity contribution in [3.05, 3.63) is 64.7 Å². The molecule has 0 saturated carbocycles. The zero-order valence-corrected chi connectivity index (χ0v) is 14.9. The topological polar surface area (TPSA) is 75.6 Å². The molecule has 5 heteroatoms. The van der Waals surface area contributed by atoms with E-state index in [0.717, 1.165) is 16.7 Å². The average molecular weight is 341 g/mol. The van der Waals surface area contributed by atoms with Gasteiger partial charge in [0.1, 0.15) is 5.75 Å². The highest BCUT2D eigenvalue weighted by Gasteiger charge is 2.25. The molecule has 0 fully saturated rings. The summed E-state index contributed by atoms with van der Waals surface area (Å²) in [5, 5.41) is 12.2. The fourth-order valence-electron chi connectivity index (χ4n) is 2.79. The smallest absolute Gasteiger partial charge is 0.330 e. The first-order valence-corrected chi connectivity index (χ1v) is 8.07. The number of carbonyl (C=O) groups is 2. The van der Waals surface area contributed by atoms with E-state index in [1.807, 2.05) is 26.0 Å². The second-order valence-corrected chi connectivity index (χ2v) is 6.20. The maximum atomic E-state index is 12.6. The van der Waals surface area contributed by atoms with Gasteiger partial charge in [-0.25, -0.2) is 4.79 Å². The lowest BCUT2D eigenvalue weighted by Crippen LogP contribution is -2.36. The number of aliphatic carboxylic acids is 1. The van der Waals surface area contributed by atoms with Gasteiger partial charge in [0, 0.05) is 0 Å². The van der Waals surface area contributed by atoms with Crippen LogP contribution in [0, 0.1) is 13.8 Å². The monoisotopic (exact) mass is 341 g/mol. The minimum absolute atomic E-state index is 0.347. The fourth-order valence-corrected chi connectivity index (χ4v) is 2.79. The summed E-state index contributed by atoms with van der Waals surface area (Å²) in [4.78, 5) is 24.3. The van der Waals surface area contributed by atoms with E-state index in [0.29, 0.717) is 11.3 Å². The summed E-state index contributed by atoms with van der Waals surface area (Å²) in [7, 11) is 1.56. The Hall–Kier alpha value is -2.82. The molecular formula is C20H23NO4. The molecule has 0 heterocycles. The number of carboxylic acids is 1. The molecule has 2 N–H and O–H groups in total. The second-order valence-electron chi connectivity index (χ2n) is 6.20. The molecular weight excluding hydrogens is 318 g/mol. The normalized spacial score (nSPS) is 13.0. The van der Waals surface area contributed by atoms with Crippen molar-refractivity contribution in [2.24, 2.45) is 0 Å². The van der Waals surface area contributed by atoms with Crippen molar-refractivity contribution < 1.29 is 19.4 Å². The Labute approximate surface area is 147 Å². The van der Waals surface area contributed by atoms with Crippen LogP contribution >= 0.6 is 0 Å². The van der Waals surface area contributed by atoms with Crippen LogP contribution in [0.15, 0.2) is 42.5 Å². The Bertz CT molecular complexity index is 765. The standard InChI is InChI=1S/C20H23NO4/c1-12-8-13(2)10-16(9-12)18(20(23)24)21-19(22)14(3)15-6-5-7-17(11-15)25-4/h5-11,14,18H,1-4H3,(H,21,22)(H,23,24). The molecule has 2 atom stereocenters. The van der Waals surface area contributed by atoms with Crippen LogP contribution in [0.1, 0.15) is 41.1 Å². The van der Waals surface area contributed by atoms with Gasteiger partial charge in [-0.15, -0.1) is 0 Å². The van der Waals surface area contributed by atoms with Crippen molar-refractivity contribution in [2.75, 3.05) is 7.11 Å². The maximum Gasteiger partial charge on any atom is 0.330 e. The van der Waals surface area contributed by atoms with Crippen LogP contribution in [0.2, 0.25) is 0 Å². The van der Waals surface area contributed by atoms with Gasteiger partial charge in [-0.1, -0.05) is 41.5 Å². The van der Waals surface area contributed by atoms with Crippen molar-refractivity contribution in [1.29, 1.82) is 0 Å². The lowest BCUT2D eigenvalue weighted by Gasteiger charge is -2.19. The highest BCUT2D eigenvalue weighted by Crippen LogP contribution is 2.23. The molecule has 5 nitrogen and oxygen atoms in total. The average Bonchev–Trinajstić information content (AvgIpc) is 2.57. The number of amides is 1. The van der Waals surface area contributed by atoms with Gasteiger partial charge < -0.3 is 15.2 Å². The Morgan fingerprint density at radius 2 is 1.68 bits per heavy atom. The molecule has 0 bridgehead atoms. The summed E-state index contributed by atoms with van der Waals surface area (Å²) in [6.45, 7) is 5.54. The molecule has 132 valence electrons. The molecule has 1 amide bonds. The molecule has 2 aromatic rings. The van der Waals surface area contributed by atoms with Crippen molar-refractivity contribution in [2.45, 2.75) is 32.7 Å². The number of benzene rings is 2. The van der Waals surface area contributed by atoms with E-state index in [4.69, 9.17) is 4.74 Å². The zero-order valence-electron chi connectivity index (χ0n) is 14.9. The first kappa shape index (κ1) is 18.5. The second kappa shape index (κ2) is 7.83. The molecule has 0 spiro atoms. The molecule has 0 aliphatic heterocycles. The Balaban J connectivity index is 2.23. The molecule has 0 saturated heterocycles. The Morgan fingerprint density at radius 1 is 1.04 bits per heavy atom. The van der Waals surface area contributed by atoms with Crippen LogP contribution in [-0.2, 0) is 9.59 Å². The third kappa shape index (κ3) is 4.59. The summed E-state index contributed by atoms with van der Waals surface area (Å²) >= 11 is 0. The van der Waals surface area contributed by atoms with Gasteiger partial charge in [0.05, 0.1) is 13.0 Å². The van der Waals surface area contributed by atoms with Gasteiger partial charge in [0.15, 0.2) is 6.04 Å². The van der Waals surface area contributed by atoms with E-state index in [-0.39, 0.29) is 5.91 Å². The van der Waals surface area contributed by atoms with Crippen LogP contribution < -0.4 is 10.1 Å². The zero-order chi connectivity index (χ0) is 18.6. The SMILES string of the molecule is COc1cccc(C(C)C(=O)NC(C(=O)O)c2cc(C)cc(C)c2)c1. The molecule has 0 aliphatic carbocycles. The molecule has 2 aromatic carbocycles. The lowest BCUT2D eigenvalue weighted by molar-refractivity contribution is -0.142. The molecule has 25 heavy (non-hydrogen) atoms. The van der Waals surface area contributed by atoms with Gasteiger partial charge >= 0.3 is 5.97 Å². The van der Waals surface area contributed by atoms with E-state index in [2.05, 4.69) is 5.32 Å². The predicted octanol–water partition coefficient (Wildman–Crippen LogP) is 3.36. The van der Waals surface area contributed by atoms with Crippen molar-refractivity contribution in [3.63, 3.8) is 0 Å².